The molecule has 2 heterocycles. The maximum Gasteiger partial charge on any atom is 0.325 e. The molecule has 1 aromatic heterocycles. The lowest BCUT2D eigenvalue weighted by Crippen LogP contribution is -2.35. The van der Waals surface area contributed by atoms with Crippen LogP contribution < -0.4 is 4.90 Å². The first kappa shape index (κ1) is 24.2. The van der Waals surface area contributed by atoms with E-state index in [1.807, 2.05) is 44.2 Å². The van der Waals surface area contributed by atoms with E-state index in [1.165, 1.54) is 16.9 Å². The predicted molar refractivity (Wildman–Crippen MR) is 141 cm³/mol. The molecular weight excluding hydrogens is 538 g/mol. The highest BCUT2D eigenvalue weighted by atomic mass is 79.9. The van der Waals surface area contributed by atoms with Gasteiger partial charge >= 0.3 is 5.97 Å². The third-order valence-corrected chi connectivity index (χ3v) is 6.77. The van der Waals surface area contributed by atoms with Gasteiger partial charge in [0.2, 0.25) is 0 Å². The Kier molecular flexibility index (Phi) is 6.93. The quantitative estimate of drug-likeness (QED) is 0.230. The fraction of sp³-hybridized carbons (Fsp3) is 0.160. The average molecular weight is 559 g/mol. The molecule has 0 unspecified atom stereocenters. The smallest absolute Gasteiger partial charge is 0.325 e. The number of hydrogen-bond acceptors (Lipinski definition) is 4. The first-order valence-electron chi connectivity index (χ1n) is 10.4. The highest BCUT2D eigenvalue weighted by Gasteiger charge is 2.40. The highest BCUT2D eigenvalue weighted by molar-refractivity contribution is 9.10. The monoisotopic (exact) mass is 557 g/mol. The first-order valence-corrected chi connectivity index (χ1v) is 11.9. The van der Waals surface area contributed by atoms with Crippen LogP contribution in [-0.4, -0.2) is 40.1 Å². The van der Waals surface area contributed by atoms with Crippen LogP contribution in [-0.2, 0) is 14.3 Å². The molecule has 4 rings (SSSR count). The second-order valence-electron chi connectivity index (χ2n) is 7.73. The second kappa shape index (κ2) is 9.74. The van der Waals surface area contributed by atoms with Crippen LogP contribution in [0.15, 0.2) is 64.8 Å². The molecule has 0 aliphatic carbocycles. The predicted octanol–water partition coefficient (Wildman–Crippen LogP) is 5.66. The van der Waals surface area contributed by atoms with E-state index < -0.39 is 5.97 Å². The molecule has 34 heavy (non-hydrogen) atoms. The molecule has 174 valence electrons. The largest absolute Gasteiger partial charge is 0.468 e. The Morgan fingerprint density at radius 2 is 1.71 bits per heavy atom. The van der Waals surface area contributed by atoms with Crippen LogP contribution in [0.3, 0.4) is 0 Å². The molecule has 0 spiro atoms. The number of carbonyl (C=O) groups excluding carboxylic acids is 2. The molecule has 1 aliphatic heterocycles. The molecule has 3 aromatic rings. The highest BCUT2D eigenvalue weighted by Crippen LogP contribution is 2.31. The zero-order chi connectivity index (χ0) is 24.6. The minimum atomic E-state index is -0.501. The SMILES string of the molecule is COC(=O)CN1C(=S)N(c2ccc(Cl)cc2)C(=O)/C1=C/c1cc(C)n(-c2ccc(Br)cc2)c1C. The third-order valence-electron chi connectivity index (χ3n) is 5.58. The standard InChI is InChI=1S/C25H21BrClN3O3S/c1-15-12-17(16(2)29(15)20-8-4-18(26)5-9-20)13-22-24(32)30(21-10-6-19(27)7-11-21)25(34)28(22)14-23(31)33-3/h4-13H,14H2,1-3H3/b22-13-. The number of halogens is 2. The Bertz CT molecular complexity index is 1320. The molecule has 0 radical (unpaired) electrons. The molecule has 1 saturated heterocycles. The van der Waals surface area contributed by atoms with Gasteiger partial charge < -0.3 is 14.2 Å². The molecule has 0 bridgehead atoms. The van der Waals surface area contributed by atoms with E-state index in [-0.39, 0.29) is 17.6 Å². The maximum atomic E-state index is 13.5. The summed E-state index contributed by atoms with van der Waals surface area (Å²) in [7, 11) is 1.30. The number of carbonyl (C=O) groups is 2. The van der Waals surface area contributed by atoms with Gasteiger partial charge in [-0.15, -0.1) is 0 Å². The minimum absolute atomic E-state index is 0.178. The van der Waals surface area contributed by atoms with E-state index in [1.54, 1.807) is 30.3 Å². The van der Waals surface area contributed by atoms with Crippen molar-refractivity contribution in [2.75, 3.05) is 18.6 Å². The summed E-state index contributed by atoms with van der Waals surface area (Å²) >= 11 is 15.1. The summed E-state index contributed by atoms with van der Waals surface area (Å²) in [4.78, 5) is 28.6. The first-order chi connectivity index (χ1) is 16.2. The number of aromatic nitrogens is 1. The molecule has 0 atom stereocenters. The lowest BCUT2D eigenvalue weighted by atomic mass is 10.2. The molecule has 1 fully saturated rings. The van der Waals surface area contributed by atoms with Crippen molar-refractivity contribution in [3.63, 3.8) is 0 Å². The summed E-state index contributed by atoms with van der Waals surface area (Å²) < 4.78 is 7.94. The van der Waals surface area contributed by atoms with Gasteiger partial charge in [-0.1, -0.05) is 27.5 Å². The van der Waals surface area contributed by atoms with Crippen LogP contribution in [0.1, 0.15) is 17.0 Å². The summed E-state index contributed by atoms with van der Waals surface area (Å²) in [5, 5.41) is 0.745. The van der Waals surface area contributed by atoms with E-state index in [9.17, 15) is 9.59 Å². The van der Waals surface area contributed by atoms with Gasteiger partial charge in [-0.3, -0.25) is 14.5 Å². The molecular formula is C25H21BrClN3O3S. The van der Waals surface area contributed by atoms with Gasteiger partial charge in [0.05, 0.1) is 12.8 Å². The number of anilines is 1. The van der Waals surface area contributed by atoms with Crippen molar-refractivity contribution < 1.29 is 14.3 Å². The molecule has 0 saturated carbocycles. The van der Waals surface area contributed by atoms with E-state index in [4.69, 9.17) is 28.6 Å². The van der Waals surface area contributed by atoms with Crippen LogP contribution in [0.5, 0.6) is 0 Å². The van der Waals surface area contributed by atoms with Gasteiger partial charge in [-0.05, 0) is 92.3 Å². The summed E-state index contributed by atoms with van der Waals surface area (Å²) in [6.45, 7) is 3.81. The number of thiocarbonyl (C=S) groups is 1. The van der Waals surface area contributed by atoms with Crippen LogP contribution in [0.4, 0.5) is 5.69 Å². The molecule has 1 amide bonds. The Hall–Kier alpha value is -2.94. The Morgan fingerprint density at radius 1 is 1.09 bits per heavy atom. The number of esters is 1. The van der Waals surface area contributed by atoms with E-state index in [2.05, 4.69) is 20.5 Å². The number of aryl methyl sites for hydroxylation is 1. The topological polar surface area (TPSA) is 54.8 Å². The lowest BCUT2D eigenvalue weighted by molar-refractivity contribution is -0.140. The summed E-state index contributed by atoms with van der Waals surface area (Å²) in [6, 6.07) is 16.8. The van der Waals surface area contributed by atoms with Gasteiger partial charge in [-0.2, -0.15) is 0 Å². The number of amides is 1. The summed E-state index contributed by atoms with van der Waals surface area (Å²) in [6.07, 6.45) is 1.77. The van der Waals surface area contributed by atoms with Gasteiger partial charge in [-0.25, -0.2) is 0 Å². The van der Waals surface area contributed by atoms with Crippen molar-refractivity contribution in [2.24, 2.45) is 0 Å². The van der Waals surface area contributed by atoms with Crippen LogP contribution in [0.2, 0.25) is 5.02 Å². The maximum absolute atomic E-state index is 13.5. The third kappa shape index (κ3) is 4.53. The fourth-order valence-corrected chi connectivity index (χ4v) is 4.65. The van der Waals surface area contributed by atoms with E-state index in [0.29, 0.717) is 16.4 Å². The number of nitrogens with zero attached hydrogens (tertiary/aromatic N) is 3. The Balaban J connectivity index is 1.79. The molecule has 6 nitrogen and oxygen atoms in total. The molecule has 9 heteroatoms. The molecule has 1 aliphatic rings. The zero-order valence-corrected chi connectivity index (χ0v) is 21.9. The van der Waals surface area contributed by atoms with Crippen LogP contribution in [0, 0.1) is 13.8 Å². The second-order valence-corrected chi connectivity index (χ2v) is 9.45. The summed E-state index contributed by atoms with van der Waals surface area (Å²) in [5.74, 6) is -0.830. The van der Waals surface area contributed by atoms with E-state index in [0.717, 1.165) is 27.1 Å². The van der Waals surface area contributed by atoms with Gasteiger partial charge in [0, 0.05) is 26.6 Å². The van der Waals surface area contributed by atoms with Crippen molar-refractivity contribution in [3.8, 4) is 5.69 Å². The van der Waals surface area contributed by atoms with Crippen molar-refractivity contribution in [1.82, 2.24) is 9.47 Å². The fourth-order valence-electron chi connectivity index (χ4n) is 3.91. The van der Waals surface area contributed by atoms with Gasteiger partial charge in [0.15, 0.2) is 5.11 Å². The zero-order valence-electron chi connectivity index (χ0n) is 18.7. The van der Waals surface area contributed by atoms with Crippen molar-refractivity contribution in [2.45, 2.75) is 13.8 Å². The number of rotatable bonds is 5. The van der Waals surface area contributed by atoms with Gasteiger partial charge in [0.1, 0.15) is 12.2 Å². The van der Waals surface area contributed by atoms with Crippen LogP contribution >= 0.6 is 39.7 Å². The van der Waals surface area contributed by atoms with Crippen molar-refractivity contribution in [3.05, 3.63) is 86.7 Å². The molecule has 2 aromatic carbocycles. The number of methoxy groups -OCH3 is 1. The lowest BCUT2D eigenvalue weighted by Gasteiger charge is -2.19. The average Bonchev–Trinajstić information content (AvgIpc) is 3.22. The number of benzene rings is 2. The Labute approximate surface area is 216 Å². The Morgan fingerprint density at radius 3 is 2.32 bits per heavy atom. The van der Waals surface area contributed by atoms with Crippen LogP contribution in [0.25, 0.3) is 11.8 Å². The van der Waals surface area contributed by atoms with Crippen molar-refractivity contribution >= 4 is 68.5 Å². The van der Waals surface area contributed by atoms with Crippen molar-refractivity contribution in [1.29, 1.82) is 0 Å². The number of ether oxygens (including phenoxy) is 1. The number of hydrogen-bond donors (Lipinski definition) is 0. The molecule has 0 N–H and O–H groups in total. The minimum Gasteiger partial charge on any atom is -0.468 e. The van der Waals surface area contributed by atoms with Gasteiger partial charge in [0.25, 0.3) is 5.91 Å². The van der Waals surface area contributed by atoms with E-state index >= 15 is 0 Å². The summed E-state index contributed by atoms with van der Waals surface area (Å²) in [5.41, 5.74) is 4.67. The normalized spacial score (nSPS) is 14.9.